The van der Waals surface area contributed by atoms with Crippen molar-refractivity contribution in [3.05, 3.63) is 17.7 Å². The zero-order valence-corrected chi connectivity index (χ0v) is 10.6. The van der Waals surface area contributed by atoms with E-state index in [2.05, 4.69) is 0 Å². The van der Waals surface area contributed by atoms with Gasteiger partial charge in [-0.2, -0.15) is 0 Å². The lowest BCUT2D eigenvalue weighted by Gasteiger charge is -2.12. The third-order valence-corrected chi connectivity index (χ3v) is 3.32. The molecule has 0 saturated carbocycles. The van der Waals surface area contributed by atoms with Gasteiger partial charge in [-0.25, -0.2) is 8.42 Å². The van der Waals surface area contributed by atoms with Gasteiger partial charge in [-0.05, 0) is 12.1 Å². The summed E-state index contributed by atoms with van der Waals surface area (Å²) in [7, 11) is 3.71. The second-order valence-corrected chi connectivity index (χ2v) is 5.55. The molecule has 0 bridgehead atoms. The molecule has 1 aromatic carbocycles. The summed E-state index contributed by atoms with van der Waals surface area (Å²) in [6.07, 6.45) is 0. The molecule has 1 amide bonds. The summed E-state index contributed by atoms with van der Waals surface area (Å²) >= 11 is 0. The first-order valence-electron chi connectivity index (χ1n) is 4.31. The third kappa shape index (κ3) is 2.80. The normalized spacial score (nSPS) is 11.0. The van der Waals surface area contributed by atoms with Crippen LogP contribution < -0.4 is 15.2 Å². The fourth-order valence-electron chi connectivity index (χ4n) is 1.25. The maximum absolute atomic E-state index is 11.3. The summed E-state index contributed by atoms with van der Waals surface area (Å²) in [5.41, 5.74) is 5.03. The van der Waals surface area contributed by atoms with Crippen LogP contribution in [0.3, 0.4) is 0 Å². The Hall–Kier alpha value is -1.47. The van der Waals surface area contributed by atoms with Crippen molar-refractivity contribution in [1.82, 2.24) is 0 Å². The van der Waals surface area contributed by atoms with Gasteiger partial charge in [-0.3, -0.25) is 4.79 Å². The second kappa shape index (κ2) is 4.80. The number of ether oxygens (including phenoxy) is 2. The van der Waals surface area contributed by atoms with Crippen LogP contribution in [0.2, 0.25) is 0 Å². The van der Waals surface area contributed by atoms with E-state index in [1.54, 1.807) is 0 Å². The molecule has 0 atom stereocenters. The lowest BCUT2D eigenvalue weighted by atomic mass is 10.2. The van der Waals surface area contributed by atoms with Crippen LogP contribution in [0.25, 0.3) is 0 Å². The molecule has 17 heavy (non-hydrogen) atoms. The molecule has 0 saturated heterocycles. The van der Waals surface area contributed by atoms with E-state index in [4.69, 9.17) is 25.9 Å². The number of benzene rings is 1. The Labute approximate surface area is 103 Å². The van der Waals surface area contributed by atoms with Gasteiger partial charge in [0.25, 0.3) is 9.05 Å². The maximum atomic E-state index is 11.3. The van der Waals surface area contributed by atoms with E-state index in [9.17, 15) is 13.2 Å². The molecule has 0 fully saturated rings. The number of methoxy groups -OCH3 is 2. The monoisotopic (exact) mass is 279 g/mol. The van der Waals surface area contributed by atoms with Crippen LogP contribution in [0.5, 0.6) is 11.5 Å². The predicted molar refractivity (Wildman–Crippen MR) is 61.1 cm³/mol. The number of hydrogen-bond acceptors (Lipinski definition) is 5. The molecule has 0 aliphatic heterocycles. The van der Waals surface area contributed by atoms with Crippen LogP contribution in [0.4, 0.5) is 0 Å². The highest BCUT2D eigenvalue weighted by Gasteiger charge is 2.23. The smallest absolute Gasteiger partial charge is 0.265 e. The molecule has 0 unspecified atom stereocenters. The van der Waals surface area contributed by atoms with Crippen LogP contribution in [-0.4, -0.2) is 28.5 Å². The average Bonchev–Trinajstić information content (AvgIpc) is 2.25. The molecule has 0 radical (unpaired) electrons. The van der Waals surface area contributed by atoms with Crippen molar-refractivity contribution in [3.8, 4) is 11.5 Å². The number of rotatable bonds is 4. The van der Waals surface area contributed by atoms with Gasteiger partial charge in [-0.1, -0.05) is 0 Å². The van der Waals surface area contributed by atoms with Crippen molar-refractivity contribution in [3.63, 3.8) is 0 Å². The minimum atomic E-state index is -4.07. The summed E-state index contributed by atoms with van der Waals surface area (Å²) in [6.45, 7) is 0. The van der Waals surface area contributed by atoms with E-state index in [-0.39, 0.29) is 22.0 Å². The van der Waals surface area contributed by atoms with Gasteiger partial charge in [0.05, 0.1) is 14.2 Å². The molecule has 0 spiro atoms. The SMILES string of the molecule is COc1cc(C(N)=O)cc(S(=O)(=O)Cl)c1OC. The molecule has 0 aliphatic carbocycles. The van der Waals surface area contributed by atoms with E-state index in [1.807, 2.05) is 0 Å². The van der Waals surface area contributed by atoms with E-state index >= 15 is 0 Å². The van der Waals surface area contributed by atoms with Gasteiger partial charge in [0, 0.05) is 16.2 Å². The van der Waals surface area contributed by atoms with E-state index in [0.29, 0.717) is 0 Å². The summed E-state index contributed by atoms with van der Waals surface area (Å²) in [4.78, 5) is 10.7. The van der Waals surface area contributed by atoms with Crippen molar-refractivity contribution in [2.24, 2.45) is 5.73 Å². The third-order valence-electron chi connectivity index (χ3n) is 1.99. The van der Waals surface area contributed by atoms with Crippen molar-refractivity contribution in [2.45, 2.75) is 4.90 Å². The zero-order valence-electron chi connectivity index (χ0n) is 9.06. The molecule has 1 aromatic rings. The van der Waals surface area contributed by atoms with Gasteiger partial charge in [0.15, 0.2) is 11.5 Å². The molecule has 8 heteroatoms. The van der Waals surface area contributed by atoms with Gasteiger partial charge >= 0.3 is 0 Å². The Morgan fingerprint density at radius 3 is 2.24 bits per heavy atom. The number of halogens is 1. The molecule has 0 aliphatic rings. The lowest BCUT2D eigenvalue weighted by Crippen LogP contribution is -2.12. The minimum Gasteiger partial charge on any atom is -0.493 e. The van der Waals surface area contributed by atoms with E-state index in [0.717, 1.165) is 6.07 Å². The van der Waals surface area contributed by atoms with Crippen molar-refractivity contribution < 1.29 is 22.7 Å². The molecule has 0 aromatic heterocycles. The first kappa shape index (κ1) is 13.6. The highest BCUT2D eigenvalue weighted by molar-refractivity contribution is 8.13. The predicted octanol–water partition coefficient (Wildman–Crippen LogP) is 0.730. The summed E-state index contributed by atoms with van der Waals surface area (Å²) in [6, 6.07) is 2.30. The van der Waals surface area contributed by atoms with Gasteiger partial charge in [0.1, 0.15) is 4.90 Å². The zero-order chi connectivity index (χ0) is 13.2. The first-order chi connectivity index (χ1) is 7.81. The van der Waals surface area contributed by atoms with Crippen LogP contribution in [-0.2, 0) is 9.05 Å². The largest absolute Gasteiger partial charge is 0.493 e. The average molecular weight is 280 g/mol. The Morgan fingerprint density at radius 1 is 1.29 bits per heavy atom. The Balaban J connectivity index is 3.66. The van der Waals surface area contributed by atoms with Crippen molar-refractivity contribution in [2.75, 3.05) is 14.2 Å². The quantitative estimate of drug-likeness (QED) is 0.820. The van der Waals surface area contributed by atoms with E-state index in [1.165, 1.54) is 20.3 Å². The topological polar surface area (TPSA) is 95.7 Å². The van der Waals surface area contributed by atoms with Crippen molar-refractivity contribution >= 4 is 25.6 Å². The Bertz CT molecular complexity index is 555. The van der Waals surface area contributed by atoms with Gasteiger partial charge in [0.2, 0.25) is 5.91 Å². The summed E-state index contributed by atoms with van der Waals surface area (Å²) in [5.74, 6) is -0.817. The first-order valence-corrected chi connectivity index (χ1v) is 6.62. The standard InChI is InChI=1S/C9H10ClNO5S/c1-15-6-3-5(9(11)12)4-7(8(6)16-2)17(10,13)14/h3-4H,1-2H3,(H2,11,12). The summed E-state index contributed by atoms with van der Waals surface area (Å²) < 4.78 is 32.5. The van der Waals surface area contributed by atoms with Crippen LogP contribution in [0.15, 0.2) is 17.0 Å². The van der Waals surface area contributed by atoms with Crippen LogP contribution in [0.1, 0.15) is 10.4 Å². The van der Waals surface area contributed by atoms with Crippen LogP contribution in [0, 0.1) is 0 Å². The second-order valence-electron chi connectivity index (χ2n) is 3.01. The highest BCUT2D eigenvalue weighted by Crippen LogP contribution is 2.37. The number of hydrogen-bond donors (Lipinski definition) is 1. The summed E-state index contributed by atoms with van der Waals surface area (Å²) in [5, 5.41) is 0. The molecular formula is C9H10ClNO5S. The number of carbonyl (C=O) groups is 1. The fourth-order valence-corrected chi connectivity index (χ4v) is 2.27. The maximum Gasteiger partial charge on any atom is 0.265 e. The molecule has 6 nitrogen and oxygen atoms in total. The minimum absolute atomic E-state index is 0.0399. The number of primary amides is 1. The molecular weight excluding hydrogens is 270 g/mol. The molecule has 0 heterocycles. The Morgan fingerprint density at radius 2 is 1.88 bits per heavy atom. The van der Waals surface area contributed by atoms with E-state index < -0.39 is 15.0 Å². The fraction of sp³-hybridized carbons (Fsp3) is 0.222. The molecule has 94 valence electrons. The number of amides is 1. The Kier molecular flexibility index (Phi) is 3.84. The molecule has 1 rings (SSSR count). The highest BCUT2D eigenvalue weighted by atomic mass is 35.7. The number of nitrogens with two attached hydrogens (primary N) is 1. The van der Waals surface area contributed by atoms with Gasteiger partial charge in [-0.15, -0.1) is 0 Å². The number of carbonyl (C=O) groups excluding carboxylic acids is 1. The van der Waals surface area contributed by atoms with Crippen molar-refractivity contribution in [1.29, 1.82) is 0 Å². The molecule has 2 N–H and O–H groups in total. The van der Waals surface area contributed by atoms with Crippen LogP contribution >= 0.6 is 10.7 Å². The lowest BCUT2D eigenvalue weighted by molar-refractivity contribution is 0.0999. The van der Waals surface area contributed by atoms with Gasteiger partial charge < -0.3 is 15.2 Å².